The van der Waals surface area contributed by atoms with Crippen LogP contribution in [0.5, 0.6) is 0 Å². The Morgan fingerprint density at radius 2 is 1.60 bits per heavy atom. The van der Waals surface area contributed by atoms with Gasteiger partial charge in [-0.1, -0.05) is 0 Å². The molecule has 6 aliphatic rings. The van der Waals surface area contributed by atoms with E-state index in [9.17, 15) is 4.79 Å². The van der Waals surface area contributed by atoms with Crippen LogP contribution in [0.1, 0.15) is 38.5 Å². The molecule has 1 amide bonds. The summed E-state index contributed by atoms with van der Waals surface area (Å²) in [6.45, 7) is 3.20. The van der Waals surface area contributed by atoms with Crippen molar-refractivity contribution in [1.82, 2.24) is 10.2 Å². The zero-order valence-electron chi connectivity index (χ0n) is 12.3. The van der Waals surface area contributed by atoms with Gasteiger partial charge in [-0.2, -0.15) is 0 Å². The topological polar surface area (TPSA) is 32.3 Å². The molecule has 0 aromatic carbocycles. The fourth-order valence-electron chi connectivity index (χ4n) is 6.57. The third-order valence-electron chi connectivity index (χ3n) is 7.19. The maximum atomic E-state index is 13.1. The smallest absolute Gasteiger partial charge is 0.226 e. The van der Waals surface area contributed by atoms with E-state index in [-0.39, 0.29) is 0 Å². The van der Waals surface area contributed by atoms with Gasteiger partial charge in [0, 0.05) is 25.0 Å². The van der Waals surface area contributed by atoms with Crippen LogP contribution in [0.15, 0.2) is 0 Å². The van der Waals surface area contributed by atoms with Crippen molar-refractivity contribution < 1.29 is 4.79 Å². The van der Waals surface area contributed by atoms with Gasteiger partial charge in [0.15, 0.2) is 0 Å². The molecule has 4 aliphatic carbocycles. The van der Waals surface area contributed by atoms with Crippen molar-refractivity contribution in [2.75, 3.05) is 19.6 Å². The molecule has 6 fully saturated rings. The third kappa shape index (κ3) is 1.65. The lowest BCUT2D eigenvalue weighted by Crippen LogP contribution is -2.52. The quantitative estimate of drug-likeness (QED) is 0.792. The first-order valence-electron chi connectivity index (χ1n) is 8.80. The van der Waals surface area contributed by atoms with Crippen LogP contribution in [0, 0.1) is 35.5 Å². The number of rotatable bonds is 1. The summed E-state index contributed by atoms with van der Waals surface area (Å²) in [6.07, 6.45) is 8.21. The van der Waals surface area contributed by atoms with E-state index in [0.717, 1.165) is 49.2 Å². The van der Waals surface area contributed by atoms with Crippen molar-refractivity contribution in [3.05, 3.63) is 0 Å². The standard InChI is InChI=1S/C17H26N2O/c20-17(19-8-12-1-2-18-15(12)9-19)16-13-4-10-3-11(6-13)7-14(16)5-10/h10-16,18H,1-9H2/t10?,11?,12-,13?,14?,15+,16?/m0/s1. The van der Waals surface area contributed by atoms with Gasteiger partial charge in [-0.15, -0.1) is 0 Å². The first kappa shape index (κ1) is 12.0. The highest BCUT2D eigenvalue weighted by atomic mass is 16.2. The Bertz CT molecular complexity index is 395. The summed E-state index contributed by atoms with van der Waals surface area (Å²) in [6, 6.07) is 0.607. The Morgan fingerprint density at radius 3 is 2.25 bits per heavy atom. The van der Waals surface area contributed by atoms with Crippen LogP contribution >= 0.6 is 0 Å². The predicted octanol–water partition coefficient (Wildman–Crippen LogP) is 1.88. The highest BCUT2D eigenvalue weighted by molar-refractivity contribution is 5.80. The molecule has 4 bridgehead atoms. The Labute approximate surface area is 121 Å². The minimum absolute atomic E-state index is 0.404. The maximum Gasteiger partial charge on any atom is 0.226 e. The average molecular weight is 274 g/mol. The molecule has 4 saturated carbocycles. The molecule has 20 heavy (non-hydrogen) atoms. The number of hydrogen-bond acceptors (Lipinski definition) is 2. The van der Waals surface area contributed by atoms with E-state index in [2.05, 4.69) is 10.2 Å². The molecule has 6 rings (SSSR count). The Morgan fingerprint density at radius 1 is 0.900 bits per heavy atom. The zero-order chi connectivity index (χ0) is 13.3. The molecule has 2 saturated heterocycles. The molecule has 2 heterocycles. The molecule has 3 nitrogen and oxygen atoms in total. The minimum atomic E-state index is 0.404. The van der Waals surface area contributed by atoms with Gasteiger partial charge >= 0.3 is 0 Å². The molecule has 0 aromatic rings. The van der Waals surface area contributed by atoms with E-state index in [1.54, 1.807) is 0 Å². The Hall–Kier alpha value is -0.570. The van der Waals surface area contributed by atoms with Crippen LogP contribution in [0.2, 0.25) is 0 Å². The number of hydrogen-bond donors (Lipinski definition) is 1. The van der Waals surface area contributed by atoms with Crippen molar-refractivity contribution in [3.63, 3.8) is 0 Å². The molecular formula is C17H26N2O. The van der Waals surface area contributed by atoms with E-state index in [1.807, 2.05) is 0 Å². The van der Waals surface area contributed by atoms with E-state index in [0.29, 0.717) is 17.9 Å². The van der Waals surface area contributed by atoms with Crippen LogP contribution in [-0.2, 0) is 4.79 Å². The highest BCUT2D eigenvalue weighted by Gasteiger charge is 2.52. The molecule has 110 valence electrons. The van der Waals surface area contributed by atoms with E-state index < -0.39 is 0 Å². The van der Waals surface area contributed by atoms with Gasteiger partial charge in [-0.05, 0) is 74.7 Å². The molecule has 3 heteroatoms. The lowest BCUT2D eigenvalue weighted by molar-refractivity contribution is -0.148. The third-order valence-corrected chi connectivity index (χ3v) is 7.19. The second-order valence-electron chi connectivity index (χ2n) is 8.31. The number of amides is 1. The molecule has 1 N–H and O–H groups in total. The van der Waals surface area contributed by atoms with Crippen LogP contribution in [-0.4, -0.2) is 36.5 Å². The maximum absolute atomic E-state index is 13.1. The van der Waals surface area contributed by atoms with Gasteiger partial charge in [0.25, 0.3) is 0 Å². The molecule has 0 unspecified atom stereocenters. The van der Waals surface area contributed by atoms with Crippen LogP contribution in [0.4, 0.5) is 0 Å². The van der Waals surface area contributed by atoms with E-state index >= 15 is 0 Å². The van der Waals surface area contributed by atoms with Crippen LogP contribution in [0.3, 0.4) is 0 Å². The minimum Gasteiger partial charge on any atom is -0.341 e. The lowest BCUT2D eigenvalue weighted by atomic mass is 9.51. The molecule has 0 radical (unpaired) electrons. The second-order valence-corrected chi connectivity index (χ2v) is 8.31. The summed E-state index contributed by atoms with van der Waals surface area (Å²) >= 11 is 0. The molecular weight excluding hydrogens is 248 g/mol. The number of nitrogens with zero attached hydrogens (tertiary/aromatic N) is 1. The van der Waals surface area contributed by atoms with Gasteiger partial charge in [0.1, 0.15) is 0 Å². The Balaban J connectivity index is 1.34. The zero-order valence-corrected chi connectivity index (χ0v) is 12.3. The van der Waals surface area contributed by atoms with Gasteiger partial charge in [-0.25, -0.2) is 0 Å². The summed E-state index contributed by atoms with van der Waals surface area (Å²) in [7, 11) is 0. The molecule has 0 spiro atoms. The van der Waals surface area contributed by atoms with Crippen molar-refractivity contribution >= 4 is 5.91 Å². The van der Waals surface area contributed by atoms with Crippen molar-refractivity contribution in [1.29, 1.82) is 0 Å². The molecule has 0 aromatic heterocycles. The first-order chi connectivity index (χ1) is 9.78. The van der Waals surface area contributed by atoms with Gasteiger partial charge in [0.05, 0.1) is 0 Å². The SMILES string of the molecule is O=C(C1C2CC3CC(C2)CC1C3)N1C[C@@H]2CCN[C@@H]2C1. The second kappa shape index (κ2) is 4.22. The first-order valence-corrected chi connectivity index (χ1v) is 8.80. The number of likely N-dealkylation sites (tertiary alicyclic amines) is 1. The summed E-state index contributed by atoms with van der Waals surface area (Å²) in [4.78, 5) is 15.3. The number of carbonyl (C=O) groups excluding carboxylic acids is 1. The van der Waals surface area contributed by atoms with Crippen molar-refractivity contribution in [2.45, 2.75) is 44.6 Å². The normalized spacial score (nSPS) is 52.6. The van der Waals surface area contributed by atoms with Crippen molar-refractivity contribution in [2.24, 2.45) is 35.5 Å². The number of nitrogens with one attached hydrogen (secondary N) is 1. The fourth-order valence-corrected chi connectivity index (χ4v) is 6.57. The van der Waals surface area contributed by atoms with Crippen LogP contribution < -0.4 is 5.32 Å². The Kier molecular flexibility index (Phi) is 2.54. The van der Waals surface area contributed by atoms with Gasteiger partial charge in [0.2, 0.25) is 5.91 Å². The molecule has 2 aliphatic heterocycles. The predicted molar refractivity (Wildman–Crippen MR) is 77.0 cm³/mol. The molecule has 2 atom stereocenters. The summed E-state index contributed by atoms with van der Waals surface area (Å²) < 4.78 is 0. The van der Waals surface area contributed by atoms with Crippen molar-refractivity contribution in [3.8, 4) is 0 Å². The monoisotopic (exact) mass is 274 g/mol. The summed E-state index contributed by atoms with van der Waals surface area (Å²) in [5.74, 6) is 5.12. The number of carbonyl (C=O) groups is 1. The van der Waals surface area contributed by atoms with Gasteiger partial charge < -0.3 is 10.2 Å². The van der Waals surface area contributed by atoms with Crippen LogP contribution in [0.25, 0.3) is 0 Å². The summed E-state index contributed by atoms with van der Waals surface area (Å²) in [5, 5.41) is 3.58. The van der Waals surface area contributed by atoms with Gasteiger partial charge in [-0.3, -0.25) is 4.79 Å². The average Bonchev–Trinajstić information content (AvgIpc) is 2.97. The lowest BCUT2D eigenvalue weighted by Gasteiger charge is -2.54. The highest BCUT2D eigenvalue weighted by Crippen LogP contribution is 2.57. The largest absolute Gasteiger partial charge is 0.341 e. The van der Waals surface area contributed by atoms with E-state index in [4.69, 9.17) is 0 Å². The number of fused-ring (bicyclic) bond motifs is 1. The van der Waals surface area contributed by atoms with E-state index in [1.165, 1.54) is 38.5 Å². The summed E-state index contributed by atoms with van der Waals surface area (Å²) in [5.41, 5.74) is 0. The fraction of sp³-hybridized carbons (Fsp3) is 0.941.